The van der Waals surface area contributed by atoms with Crippen LogP contribution in [0.2, 0.25) is 0 Å². The molecule has 18 heavy (non-hydrogen) atoms. The van der Waals surface area contributed by atoms with Crippen molar-refractivity contribution >= 4 is 15.9 Å². The molecule has 2 aromatic rings. The number of nitrogens with zero attached hydrogens (tertiary/aromatic N) is 1. The van der Waals surface area contributed by atoms with E-state index in [0.29, 0.717) is 13.2 Å². The first-order valence-corrected chi connectivity index (χ1v) is 6.42. The van der Waals surface area contributed by atoms with Gasteiger partial charge in [0.1, 0.15) is 12.4 Å². The van der Waals surface area contributed by atoms with Gasteiger partial charge in [-0.25, -0.2) is 0 Å². The number of ether oxygens (including phenoxy) is 2. The van der Waals surface area contributed by atoms with Crippen LogP contribution in [0.5, 0.6) is 5.75 Å². The van der Waals surface area contributed by atoms with Gasteiger partial charge in [-0.1, -0.05) is 28.1 Å². The molecule has 0 amide bonds. The molecule has 3 nitrogen and oxygen atoms in total. The van der Waals surface area contributed by atoms with Crippen molar-refractivity contribution < 1.29 is 9.47 Å². The van der Waals surface area contributed by atoms with Crippen LogP contribution in [0, 0.1) is 0 Å². The fraction of sp³-hybridized carbons (Fsp3) is 0.214. The molecule has 0 spiro atoms. The van der Waals surface area contributed by atoms with Crippen molar-refractivity contribution in [2.75, 3.05) is 20.3 Å². The Morgan fingerprint density at radius 2 is 2.06 bits per heavy atom. The van der Waals surface area contributed by atoms with Crippen LogP contribution in [0.1, 0.15) is 0 Å². The molecule has 0 aliphatic rings. The third-order valence-electron chi connectivity index (χ3n) is 2.41. The zero-order chi connectivity index (χ0) is 12.8. The number of aromatic nitrogens is 1. The number of hydrogen-bond donors (Lipinski definition) is 0. The van der Waals surface area contributed by atoms with Crippen molar-refractivity contribution in [1.82, 2.24) is 4.98 Å². The SMILES string of the molecule is COCCOc1ccnc(-c2cccc(Br)c2)c1. The maximum absolute atomic E-state index is 5.56. The van der Waals surface area contributed by atoms with E-state index in [-0.39, 0.29) is 0 Å². The van der Waals surface area contributed by atoms with Gasteiger partial charge in [0.25, 0.3) is 0 Å². The lowest BCUT2D eigenvalue weighted by Gasteiger charge is -2.07. The van der Waals surface area contributed by atoms with Gasteiger partial charge in [-0.05, 0) is 18.2 Å². The molecule has 0 saturated carbocycles. The molecule has 1 aromatic carbocycles. The first-order valence-electron chi connectivity index (χ1n) is 5.63. The third kappa shape index (κ3) is 3.55. The average Bonchev–Trinajstić information content (AvgIpc) is 2.39. The lowest BCUT2D eigenvalue weighted by atomic mass is 10.1. The van der Waals surface area contributed by atoms with Gasteiger partial charge in [-0.3, -0.25) is 4.98 Å². The molecular weight excluding hydrogens is 294 g/mol. The highest BCUT2D eigenvalue weighted by atomic mass is 79.9. The molecule has 0 aliphatic heterocycles. The van der Waals surface area contributed by atoms with E-state index in [1.54, 1.807) is 13.3 Å². The molecule has 0 unspecified atom stereocenters. The molecule has 0 atom stereocenters. The Hall–Kier alpha value is -1.39. The van der Waals surface area contributed by atoms with Crippen molar-refractivity contribution in [2.24, 2.45) is 0 Å². The van der Waals surface area contributed by atoms with Crippen LogP contribution < -0.4 is 4.74 Å². The minimum Gasteiger partial charge on any atom is -0.491 e. The van der Waals surface area contributed by atoms with Gasteiger partial charge < -0.3 is 9.47 Å². The fourth-order valence-electron chi connectivity index (χ4n) is 1.55. The normalized spacial score (nSPS) is 10.3. The van der Waals surface area contributed by atoms with Gasteiger partial charge in [0.2, 0.25) is 0 Å². The van der Waals surface area contributed by atoms with Gasteiger partial charge in [0.15, 0.2) is 0 Å². The maximum atomic E-state index is 5.56. The minimum absolute atomic E-state index is 0.540. The van der Waals surface area contributed by atoms with Crippen molar-refractivity contribution in [3.05, 3.63) is 47.1 Å². The molecule has 0 saturated heterocycles. The van der Waals surface area contributed by atoms with Crippen LogP contribution in [0.25, 0.3) is 11.3 Å². The van der Waals surface area contributed by atoms with Gasteiger partial charge >= 0.3 is 0 Å². The van der Waals surface area contributed by atoms with Crippen LogP contribution in [0.3, 0.4) is 0 Å². The van der Waals surface area contributed by atoms with Crippen molar-refractivity contribution in [1.29, 1.82) is 0 Å². The van der Waals surface area contributed by atoms with Gasteiger partial charge in [0.05, 0.1) is 12.3 Å². The summed E-state index contributed by atoms with van der Waals surface area (Å²) < 4.78 is 11.5. The van der Waals surface area contributed by atoms with Crippen molar-refractivity contribution in [3.8, 4) is 17.0 Å². The van der Waals surface area contributed by atoms with E-state index in [9.17, 15) is 0 Å². The largest absolute Gasteiger partial charge is 0.491 e. The van der Waals surface area contributed by atoms with Crippen LogP contribution >= 0.6 is 15.9 Å². The summed E-state index contributed by atoms with van der Waals surface area (Å²) in [6, 6.07) is 11.8. The van der Waals surface area contributed by atoms with Crippen molar-refractivity contribution in [2.45, 2.75) is 0 Å². The molecule has 0 fully saturated rings. The second-order valence-electron chi connectivity index (χ2n) is 3.73. The Labute approximate surface area is 115 Å². The summed E-state index contributed by atoms with van der Waals surface area (Å²) in [6.45, 7) is 1.12. The molecule has 0 aliphatic carbocycles. The van der Waals surface area contributed by atoms with Gasteiger partial charge in [-0.2, -0.15) is 0 Å². The number of rotatable bonds is 5. The molecule has 4 heteroatoms. The van der Waals surface area contributed by atoms with E-state index >= 15 is 0 Å². The highest BCUT2D eigenvalue weighted by Crippen LogP contribution is 2.24. The quantitative estimate of drug-likeness (QED) is 0.792. The molecule has 0 bridgehead atoms. The third-order valence-corrected chi connectivity index (χ3v) is 2.90. The van der Waals surface area contributed by atoms with E-state index in [4.69, 9.17) is 9.47 Å². The maximum Gasteiger partial charge on any atom is 0.123 e. The second kappa shape index (κ2) is 6.52. The molecule has 94 valence electrons. The lowest BCUT2D eigenvalue weighted by Crippen LogP contribution is -2.04. The van der Waals surface area contributed by atoms with Crippen LogP contribution in [-0.2, 0) is 4.74 Å². The van der Waals surface area contributed by atoms with E-state index < -0.39 is 0 Å². The summed E-state index contributed by atoms with van der Waals surface area (Å²) in [6.07, 6.45) is 1.75. The summed E-state index contributed by atoms with van der Waals surface area (Å²) in [7, 11) is 1.66. The zero-order valence-corrected chi connectivity index (χ0v) is 11.7. The molecular formula is C14H14BrNO2. The fourth-order valence-corrected chi connectivity index (χ4v) is 1.95. The summed E-state index contributed by atoms with van der Waals surface area (Å²) >= 11 is 3.45. The van der Waals surface area contributed by atoms with E-state index in [1.165, 1.54) is 0 Å². The monoisotopic (exact) mass is 307 g/mol. The summed E-state index contributed by atoms with van der Waals surface area (Å²) in [5, 5.41) is 0. The van der Waals surface area contributed by atoms with Crippen LogP contribution in [0.4, 0.5) is 0 Å². The molecule has 2 rings (SSSR count). The molecule has 0 N–H and O–H groups in total. The predicted molar refractivity (Wildman–Crippen MR) is 74.7 cm³/mol. The summed E-state index contributed by atoms with van der Waals surface area (Å²) in [5.74, 6) is 0.803. The topological polar surface area (TPSA) is 31.4 Å². The standard InChI is InChI=1S/C14H14BrNO2/c1-17-7-8-18-13-5-6-16-14(10-13)11-3-2-4-12(15)9-11/h2-6,9-10H,7-8H2,1H3. The number of pyridine rings is 1. The average molecular weight is 308 g/mol. The minimum atomic E-state index is 0.540. The second-order valence-corrected chi connectivity index (χ2v) is 4.64. The highest BCUT2D eigenvalue weighted by Gasteiger charge is 2.02. The number of halogens is 1. The first kappa shape index (κ1) is 13.1. The predicted octanol–water partition coefficient (Wildman–Crippen LogP) is 3.54. The van der Waals surface area contributed by atoms with Gasteiger partial charge in [0, 0.05) is 29.4 Å². The number of benzene rings is 1. The lowest BCUT2D eigenvalue weighted by molar-refractivity contribution is 0.146. The molecule has 1 heterocycles. The Bertz CT molecular complexity index is 517. The Balaban J connectivity index is 2.16. The zero-order valence-electron chi connectivity index (χ0n) is 10.1. The number of methoxy groups -OCH3 is 1. The van der Waals surface area contributed by atoms with Crippen molar-refractivity contribution in [3.63, 3.8) is 0 Å². The van der Waals surface area contributed by atoms with Crippen LogP contribution in [-0.4, -0.2) is 25.3 Å². The summed E-state index contributed by atoms with van der Waals surface area (Å²) in [5.41, 5.74) is 1.95. The summed E-state index contributed by atoms with van der Waals surface area (Å²) in [4.78, 5) is 4.35. The smallest absolute Gasteiger partial charge is 0.123 e. The Kier molecular flexibility index (Phi) is 4.73. The Morgan fingerprint density at radius 3 is 2.83 bits per heavy atom. The molecule has 0 radical (unpaired) electrons. The molecule has 1 aromatic heterocycles. The van der Waals surface area contributed by atoms with Crippen LogP contribution in [0.15, 0.2) is 47.1 Å². The van der Waals surface area contributed by atoms with E-state index in [0.717, 1.165) is 21.5 Å². The van der Waals surface area contributed by atoms with E-state index in [1.807, 2.05) is 36.4 Å². The van der Waals surface area contributed by atoms with E-state index in [2.05, 4.69) is 20.9 Å². The first-order chi connectivity index (χ1) is 8.79. The number of hydrogen-bond acceptors (Lipinski definition) is 3. The Morgan fingerprint density at radius 1 is 1.17 bits per heavy atom. The highest BCUT2D eigenvalue weighted by molar-refractivity contribution is 9.10. The van der Waals surface area contributed by atoms with Gasteiger partial charge in [-0.15, -0.1) is 0 Å².